The molecule has 0 bridgehead atoms. The highest BCUT2D eigenvalue weighted by Gasteiger charge is 2.57. The van der Waals surface area contributed by atoms with Crippen LogP contribution in [0.15, 0.2) is 18.3 Å². The fraction of sp³-hybridized carbons (Fsp3) is 0.706. The van der Waals surface area contributed by atoms with Crippen molar-refractivity contribution in [1.82, 2.24) is 4.98 Å². The summed E-state index contributed by atoms with van der Waals surface area (Å²) in [6, 6.07) is 3.42. The lowest BCUT2D eigenvalue weighted by Crippen LogP contribution is -2.65. The monoisotopic (exact) mass is 319 g/mol. The van der Waals surface area contributed by atoms with Gasteiger partial charge in [0.1, 0.15) is 0 Å². The Kier molecular flexibility index (Phi) is 4.53. The van der Waals surface area contributed by atoms with Crippen molar-refractivity contribution in [2.45, 2.75) is 57.6 Å². The minimum Gasteiger partial charge on any atom is -0.378 e. The molecule has 1 heterocycles. The minimum atomic E-state index is -0.342. The van der Waals surface area contributed by atoms with Crippen molar-refractivity contribution < 1.29 is 9.66 Å². The number of aromatic nitrogens is 1. The zero-order valence-corrected chi connectivity index (χ0v) is 13.9. The normalized spacial score (nSPS) is 25.8. The Bertz CT molecular complexity index is 572. The Labute approximate surface area is 137 Å². The highest BCUT2D eigenvalue weighted by molar-refractivity contribution is 5.58. The van der Waals surface area contributed by atoms with Gasteiger partial charge in [0.2, 0.25) is 5.82 Å². The summed E-state index contributed by atoms with van der Waals surface area (Å²) in [7, 11) is 1.94. The largest absolute Gasteiger partial charge is 0.378 e. The van der Waals surface area contributed by atoms with E-state index in [-0.39, 0.29) is 28.2 Å². The van der Waals surface area contributed by atoms with E-state index in [0.717, 1.165) is 25.9 Å². The molecule has 6 heteroatoms. The topological polar surface area (TPSA) is 68.5 Å². The lowest BCUT2D eigenvalue weighted by Gasteiger charge is -2.60. The summed E-state index contributed by atoms with van der Waals surface area (Å²) >= 11 is 0. The van der Waals surface area contributed by atoms with E-state index in [1.807, 2.05) is 18.9 Å². The van der Waals surface area contributed by atoms with Crippen LogP contribution in [0, 0.1) is 15.5 Å². The van der Waals surface area contributed by atoms with Gasteiger partial charge in [0.25, 0.3) is 0 Å². The Morgan fingerprint density at radius 1 is 1.43 bits per heavy atom. The molecule has 2 saturated carbocycles. The van der Waals surface area contributed by atoms with Crippen LogP contribution in [0.5, 0.6) is 0 Å². The standard InChI is InChI=1S/C17H25N3O3/c1-3-23-15-12-14(17(15)9-5-4-6-10-17)19(2)16-13(20(21)22)8-7-11-18-16/h7-8,11,14-15H,3-6,9-10,12H2,1-2H3. The number of ether oxygens (including phenoxy) is 1. The van der Waals surface area contributed by atoms with Gasteiger partial charge in [-0.25, -0.2) is 4.98 Å². The predicted molar refractivity (Wildman–Crippen MR) is 88.6 cm³/mol. The number of anilines is 1. The Morgan fingerprint density at radius 3 is 2.83 bits per heavy atom. The molecule has 0 amide bonds. The third-order valence-electron chi connectivity index (χ3n) is 5.66. The first-order valence-electron chi connectivity index (χ1n) is 8.54. The summed E-state index contributed by atoms with van der Waals surface area (Å²) in [5.41, 5.74) is 0.217. The van der Waals surface area contributed by atoms with Gasteiger partial charge in [0.15, 0.2) is 0 Å². The van der Waals surface area contributed by atoms with E-state index in [9.17, 15) is 10.1 Å². The summed E-state index contributed by atoms with van der Waals surface area (Å²) < 4.78 is 5.98. The van der Waals surface area contributed by atoms with E-state index in [0.29, 0.717) is 5.82 Å². The molecule has 126 valence electrons. The molecule has 1 spiro atoms. The number of hydrogen-bond acceptors (Lipinski definition) is 5. The van der Waals surface area contributed by atoms with Gasteiger partial charge in [-0.15, -0.1) is 0 Å². The van der Waals surface area contributed by atoms with Crippen LogP contribution in [0.2, 0.25) is 0 Å². The molecule has 3 rings (SSSR count). The minimum absolute atomic E-state index is 0.0841. The molecule has 1 aromatic rings. The molecule has 6 nitrogen and oxygen atoms in total. The molecule has 1 aromatic heterocycles. The number of pyridine rings is 1. The summed E-state index contributed by atoms with van der Waals surface area (Å²) in [6.07, 6.45) is 8.85. The van der Waals surface area contributed by atoms with Gasteiger partial charge in [0, 0.05) is 37.4 Å². The van der Waals surface area contributed by atoms with Gasteiger partial charge in [-0.2, -0.15) is 0 Å². The van der Waals surface area contributed by atoms with E-state index >= 15 is 0 Å². The quantitative estimate of drug-likeness (QED) is 0.613. The molecule has 2 aliphatic rings. The molecule has 0 aromatic carbocycles. The van der Waals surface area contributed by atoms with Crippen LogP contribution in [-0.2, 0) is 4.74 Å². The second-order valence-electron chi connectivity index (χ2n) is 6.70. The molecule has 0 radical (unpaired) electrons. The summed E-state index contributed by atoms with van der Waals surface area (Å²) in [6.45, 7) is 2.77. The van der Waals surface area contributed by atoms with Crippen LogP contribution >= 0.6 is 0 Å². The predicted octanol–water partition coefficient (Wildman–Crippen LogP) is 3.55. The Hall–Kier alpha value is -1.69. The van der Waals surface area contributed by atoms with Crippen molar-refractivity contribution >= 4 is 11.5 Å². The maximum Gasteiger partial charge on any atom is 0.311 e. The van der Waals surface area contributed by atoms with Crippen molar-refractivity contribution in [1.29, 1.82) is 0 Å². The molecule has 0 N–H and O–H groups in total. The van der Waals surface area contributed by atoms with Crippen LogP contribution < -0.4 is 4.90 Å². The second kappa shape index (κ2) is 6.43. The van der Waals surface area contributed by atoms with E-state index in [1.165, 1.54) is 25.3 Å². The zero-order chi connectivity index (χ0) is 16.4. The van der Waals surface area contributed by atoms with Crippen LogP contribution in [0.1, 0.15) is 45.4 Å². The molecule has 0 saturated heterocycles. The van der Waals surface area contributed by atoms with E-state index in [4.69, 9.17) is 4.74 Å². The molecule has 2 fully saturated rings. The fourth-order valence-electron chi connectivity index (χ4n) is 4.52. The van der Waals surface area contributed by atoms with Crippen LogP contribution in [-0.4, -0.2) is 35.7 Å². The molecule has 2 aliphatic carbocycles. The van der Waals surface area contributed by atoms with Crippen molar-refractivity contribution in [3.63, 3.8) is 0 Å². The first kappa shape index (κ1) is 16.2. The number of nitro groups is 1. The van der Waals surface area contributed by atoms with Crippen molar-refractivity contribution in [3.8, 4) is 0 Å². The first-order chi connectivity index (χ1) is 11.1. The summed E-state index contributed by atoms with van der Waals surface area (Å²) in [4.78, 5) is 17.3. The van der Waals surface area contributed by atoms with Crippen LogP contribution in [0.3, 0.4) is 0 Å². The lowest BCUT2D eigenvalue weighted by atomic mass is 9.54. The number of rotatable bonds is 5. The third-order valence-corrected chi connectivity index (χ3v) is 5.66. The van der Waals surface area contributed by atoms with Gasteiger partial charge < -0.3 is 9.64 Å². The molecular weight excluding hydrogens is 294 g/mol. The maximum absolute atomic E-state index is 11.3. The van der Waals surface area contributed by atoms with Gasteiger partial charge in [-0.1, -0.05) is 19.3 Å². The second-order valence-corrected chi connectivity index (χ2v) is 6.70. The summed E-state index contributed by atoms with van der Waals surface area (Å²) in [5, 5.41) is 11.3. The van der Waals surface area contributed by atoms with Gasteiger partial charge in [-0.3, -0.25) is 10.1 Å². The third kappa shape index (κ3) is 2.69. The fourth-order valence-corrected chi connectivity index (χ4v) is 4.52. The SMILES string of the molecule is CCOC1CC(N(C)c2ncccc2[N+](=O)[O-])C12CCCCC2. The van der Waals surface area contributed by atoms with E-state index < -0.39 is 0 Å². The van der Waals surface area contributed by atoms with E-state index in [2.05, 4.69) is 4.98 Å². The highest BCUT2D eigenvalue weighted by Crippen LogP contribution is 2.55. The van der Waals surface area contributed by atoms with Crippen LogP contribution in [0.4, 0.5) is 11.5 Å². The zero-order valence-electron chi connectivity index (χ0n) is 13.9. The molecule has 0 aliphatic heterocycles. The summed E-state index contributed by atoms with van der Waals surface area (Å²) in [5.74, 6) is 0.474. The van der Waals surface area contributed by atoms with E-state index in [1.54, 1.807) is 12.3 Å². The molecule has 2 unspecified atom stereocenters. The highest BCUT2D eigenvalue weighted by atomic mass is 16.6. The smallest absolute Gasteiger partial charge is 0.311 e. The average molecular weight is 319 g/mol. The first-order valence-corrected chi connectivity index (χ1v) is 8.54. The van der Waals surface area contributed by atoms with Crippen molar-refractivity contribution in [2.24, 2.45) is 5.41 Å². The van der Waals surface area contributed by atoms with Crippen molar-refractivity contribution in [3.05, 3.63) is 28.4 Å². The van der Waals surface area contributed by atoms with Gasteiger partial charge in [0.05, 0.1) is 11.0 Å². The molecule has 2 atom stereocenters. The number of hydrogen-bond donors (Lipinski definition) is 0. The average Bonchev–Trinajstić information content (AvgIpc) is 2.58. The van der Waals surface area contributed by atoms with Crippen molar-refractivity contribution in [2.75, 3.05) is 18.6 Å². The molecule has 23 heavy (non-hydrogen) atoms. The Balaban J connectivity index is 1.87. The van der Waals surface area contributed by atoms with Crippen LogP contribution in [0.25, 0.3) is 0 Å². The lowest BCUT2D eigenvalue weighted by molar-refractivity contribution is -0.384. The van der Waals surface area contributed by atoms with Gasteiger partial charge >= 0.3 is 5.69 Å². The van der Waals surface area contributed by atoms with Gasteiger partial charge in [-0.05, 0) is 32.3 Å². The number of nitrogens with zero attached hydrogens (tertiary/aromatic N) is 3. The maximum atomic E-state index is 11.3. The Morgan fingerprint density at radius 2 is 2.17 bits per heavy atom. The molecular formula is C17H25N3O3.